The first-order valence-electron chi connectivity index (χ1n) is 9.36. The topological polar surface area (TPSA) is 93.7 Å². The van der Waals surface area contributed by atoms with Gasteiger partial charge in [-0.05, 0) is 37.1 Å². The van der Waals surface area contributed by atoms with Gasteiger partial charge in [0.2, 0.25) is 10.0 Å². The highest BCUT2D eigenvalue weighted by Gasteiger charge is 2.22. The number of hydrogen-bond donors (Lipinski definition) is 2. The standard InChI is InChI=1S/C21H28N2O5S/c1-5-18(16-8-6-15(2)7-9-16)23-21(24)17-10-11-19(28-4)20(14-17)29(25,26)22-12-13-27-3/h6-11,14,18,22H,5,12-13H2,1-4H3,(H,23,24). The van der Waals surface area contributed by atoms with E-state index in [1.807, 2.05) is 38.1 Å². The lowest BCUT2D eigenvalue weighted by molar-refractivity contribution is 0.0935. The summed E-state index contributed by atoms with van der Waals surface area (Å²) in [5.74, 6) is -0.189. The van der Waals surface area contributed by atoms with Crippen molar-refractivity contribution in [1.82, 2.24) is 10.0 Å². The van der Waals surface area contributed by atoms with Gasteiger partial charge in [-0.2, -0.15) is 0 Å². The van der Waals surface area contributed by atoms with Gasteiger partial charge in [-0.3, -0.25) is 4.79 Å². The molecule has 0 aliphatic rings. The Hall–Kier alpha value is -2.42. The first-order chi connectivity index (χ1) is 13.8. The fraction of sp³-hybridized carbons (Fsp3) is 0.381. The van der Waals surface area contributed by atoms with Crippen LogP contribution in [0.4, 0.5) is 0 Å². The Bertz CT molecular complexity index is 927. The highest BCUT2D eigenvalue weighted by Crippen LogP contribution is 2.25. The van der Waals surface area contributed by atoms with Crippen LogP contribution >= 0.6 is 0 Å². The predicted molar refractivity (Wildman–Crippen MR) is 112 cm³/mol. The molecule has 0 saturated carbocycles. The van der Waals surface area contributed by atoms with E-state index in [-0.39, 0.29) is 41.3 Å². The monoisotopic (exact) mass is 420 g/mol. The largest absolute Gasteiger partial charge is 0.495 e. The van der Waals surface area contributed by atoms with Crippen LogP contribution in [-0.2, 0) is 14.8 Å². The summed E-state index contributed by atoms with van der Waals surface area (Å²) in [6.07, 6.45) is 0.703. The minimum absolute atomic E-state index is 0.0906. The average Bonchev–Trinajstić information content (AvgIpc) is 2.72. The lowest BCUT2D eigenvalue weighted by Gasteiger charge is -2.18. The van der Waals surface area contributed by atoms with Gasteiger partial charge in [0.1, 0.15) is 10.6 Å². The molecule has 0 bridgehead atoms. The lowest BCUT2D eigenvalue weighted by atomic mass is 10.0. The molecule has 158 valence electrons. The normalized spacial score (nSPS) is 12.4. The van der Waals surface area contributed by atoms with E-state index in [0.717, 1.165) is 11.1 Å². The second kappa shape index (κ2) is 10.4. The van der Waals surface area contributed by atoms with Crippen molar-refractivity contribution in [2.75, 3.05) is 27.4 Å². The van der Waals surface area contributed by atoms with E-state index >= 15 is 0 Å². The summed E-state index contributed by atoms with van der Waals surface area (Å²) in [4.78, 5) is 12.7. The molecule has 0 aliphatic heterocycles. The van der Waals surface area contributed by atoms with Crippen molar-refractivity contribution >= 4 is 15.9 Å². The zero-order valence-corrected chi connectivity index (χ0v) is 18.0. The molecule has 2 rings (SSSR count). The number of sulfonamides is 1. The molecule has 2 aromatic rings. The Morgan fingerprint density at radius 3 is 2.38 bits per heavy atom. The summed E-state index contributed by atoms with van der Waals surface area (Å²) in [5, 5.41) is 2.97. The molecular weight excluding hydrogens is 392 g/mol. The summed E-state index contributed by atoms with van der Waals surface area (Å²) >= 11 is 0. The molecule has 7 nitrogen and oxygen atoms in total. The second-order valence-corrected chi connectivity index (χ2v) is 8.34. The van der Waals surface area contributed by atoms with E-state index < -0.39 is 10.0 Å². The average molecular weight is 421 g/mol. The van der Waals surface area contributed by atoms with E-state index in [0.29, 0.717) is 6.42 Å². The first kappa shape index (κ1) is 22.9. The van der Waals surface area contributed by atoms with Crippen molar-refractivity contribution in [2.45, 2.75) is 31.2 Å². The van der Waals surface area contributed by atoms with Crippen LogP contribution in [0.25, 0.3) is 0 Å². The predicted octanol–water partition coefficient (Wildman–Crippen LogP) is 2.81. The zero-order valence-electron chi connectivity index (χ0n) is 17.2. The third kappa shape index (κ3) is 6.03. The number of nitrogens with one attached hydrogen (secondary N) is 2. The van der Waals surface area contributed by atoms with Crippen LogP contribution in [0.2, 0.25) is 0 Å². The molecule has 1 atom stereocenters. The van der Waals surface area contributed by atoms with Crippen LogP contribution in [0.15, 0.2) is 47.4 Å². The minimum atomic E-state index is -3.86. The summed E-state index contributed by atoms with van der Waals surface area (Å²) in [5.41, 5.74) is 2.37. The van der Waals surface area contributed by atoms with E-state index in [9.17, 15) is 13.2 Å². The number of aryl methyl sites for hydroxylation is 1. The number of hydrogen-bond acceptors (Lipinski definition) is 5. The number of amides is 1. The van der Waals surface area contributed by atoms with Crippen LogP contribution < -0.4 is 14.8 Å². The number of carbonyl (C=O) groups is 1. The zero-order chi connectivity index (χ0) is 21.4. The van der Waals surface area contributed by atoms with Crippen LogP contribution in [0, 0.1) is 6.92 Å². The summed E-state index contributed by atoms with van der Waals surface area (Å²) < 4.78 is 37.7. The van der Waals surface area contributed by atoms with Gasteiger partial charge in [-0.15, -0.1) is 0 Å². The third-order valence-electron chi connectivity index (χ3n) is 4.51. The number of rotatable bonds is 10. The van der Waals surface area contributed by atoms with E-state index in [1.54, 1.807) is 6.07 Å². The van der Waals surface area contributed by atoms with Gasteiger partial charge in [0.15, 0.2) is 0 Å². The Labute approximate surface area is 172 Å². The SMILES string of the molecule is CCC(NC(=O)c1ccc(OC)c(S(=O)(=O)NCCOC)c1)c1ccc(C)cc1. The van der Waals surface area contributed by atoms with E-state index in [1.165, 1.54) is 26.4 Å². The van der Waals surface area contributed by atoms with Crippen LogP contribution in [0.1, 0.15) is 40.9 Å². The van der Waals surface area contributed by atoms with Gasteiger partial charge in [0.25, 0.3) is 5.91 Å². The number of ether oxygens (including phenoxy) is 2. The highest BCUT2D eigenvalue weighted by molar-refractivity contribution is 7.89. The molecule has 1 unspecified atom stereocenters. The highest BCUT2D eigenvalue weighted by atomic mass is 32.2. The molecule has 8 heteroatoms. The molecule has 29 heavy (non-hydrogen) atoms. The molecule has 2 aromatic carbocycles. The molecule has 0 fully saturated rings. The quantitative estimate of drug-likeness (QED) is 0.577. The Balaban J connectivity index is 2.27. The van der Waals surface area contributed by atoms with E-state index in [2.05, 4.69) is 10.0 Å². The second-order valence-electron chi connectivity index (χ2n) is 6.60. The molecule has 0 heterocycles. The molecule has 1 amide bonds. The van der Waals surface area contributed by atoms with Crippen molar-refractivity contribution < 1.29 is 22.7 Å². The van der Waals surface area contributed by atoms with Crippen molar-refractivity contribution in [1.29, 1.82) is 0 Å². The summed E-state index contributed by atoms with van der Waals surface area (Å²) in [6, 6.07) is 12.1. The van der Waals surface area contributed by atoms with Crippen molar-refractivity contribution in [3.63, 3.8) is 0 Å². The van der Waals surface area contributed by atoms with Crippen molar-refractivity contribution in [2.24, 2.45) is 0 Å². The number of methoxy groups -OCH3 is 2. The van der Waals surface area contributed by atoms with E-state index in [4.69, 9.17) is 9.47 Å². The van der Waals surface area contributed by atoms with Crippen LogP contribution in [0.5, 0.6) is 5.75 Å². The number of carbonyl (C=O) groups excluding carboxylic acids is 1. The van der Waals surface area contributed by atoms with Gasteiger partial charge >= 0.3 is 0 Å². The summed E-state index contributed by atoms with van der Waals surface area (Å²) in [7, 11) is -0.990. The molecule has 0 saturated heterocycles. The Kier molecular flexibility index (Phi) is 8.19. The molecule has 0 aromatic heterocycles. The molecule has 0 spiro atoms. The smallest absolute Gasteiger partial charge is 0.251 e. The maximum atomic E-state index is 12.8. The Morgan fingerprint density at radius 2 is 1.79 bits per heavy atom. The van der Waals surface area contributed by atoms with Gasteiger partial charge in [-0.25, -0.2) is 13.1 Å². The maximum Gasteiger partial charge on any atom is 0.251 e. The van der Waals surface area contributed by atoms with Gasteiger partial charge in [0, 0.05) is 19.2 Å². The fourth-order valence-corrected chi connectivity index (χ4v) is 4.05. The van der Waals surface area contributed by atoms with Gasteiger partial charge in [-0.1, -0.05) is 36.8 Å². The molecular formula is C21H28N2O5S. The van der Waals surface area contributed by atoms with Gasteiger partial charge < -0.3 is 14.8 Å². The molecule has 0 aliphatic carbocycles. The van der Waals surface area contributed by atoms with Crippen molar-refractivity contribution in [3.05, 3.63) is 59.2 Å². The van der Waals surface area contributed by atoms with Gasteiger partial charge in [0.05, 0.1) is 19.8 Å². The lowest BCUT2D eigenvalue weighted by Crippen LogP contribution is -2.30. The fourth-order valence-electron chi connectivity index (χ4n) is 2.85. The Morgan fingerprint density at radius 1 is 1.10 bits per heavy atom. The van der Waals surface area contributed by atoms with Crippen molar-refractivity contribution in [3.8, 4) is 5.75 Å². The van der Waals surface area contributed by atoms with Crippen LogP contribution in [-0.4, -0.2) is 41.7 Å². The third-order valence-corrected chi connectivity index (χ3v) is 5.99. The molecule has 0 radical (unpaired) electrons. The first-order valence-corrected chi connectivity index (χ1v) is 10.8. The number of benzene rings is 2. The maximum absolute atomic E-state index is 12.8. The summed E-state index contributed by atoms with van der Waals surface area (Å²) in [6.45, 7) is 4.33. The molecule has 2 N–H and O–H groups in total. The minimum Gasteiger partial charge on any atom is -0.495 e. The van der Waals surface area contributed by atoms with Crippen LogP contribution in [0.3, 0.4) is 0 Å².